The zero-order chi connectivity index (χ0) is 11.1. The van der Waals surface area contributed by atoms with Crippen LogP contribution in [0.3, 0.4) is 0 Å². The summed E-state index contributed by atoms with van der Waals surface area (Å²) < 4.78 is 6.90. The monoisotopic (exact) mass is 212 g/mol. The van der Waals surface area contributed by atoms with Gasteiger partial charge in [0.2, 0.25) is 0 Å². The van der Waals surface area contributed by atoms with Crippen LogP contribution < -0.4 is 5.32 Å². The number of hydrogen-bond acceptors (Lipinski definition) is 4. The molecule has 0 saturated heterocycles. The Kier molecular flexibility index (Phi) is 5.28. The van der Waals surface area contributed by atoms with Crippen LogP contribution in [0.4, 0.5) is 0 Å². The molecule has 5 nitrogen and oxygen atoms in total. The molecule has 1 N–H and O–H groups in total. The van der Waals surface area contributed by atoms with Crippen molar-refractivity contribution in [2.24, 2.45) is 0 Å². The summed E-state index contributed by atoms with van der Waals surface area (Å²) in [6.45, 7) is 6.75. The van der Waals surface area contributed by atoms with Crippen LogP contribution in [0.5, 0.6) is 0 Å². The Hall–Kier alpha value is -0.940. The summed E-state index contributed by atoms with van der Waals surface area (Å²) in [4.78, 5) is 4.24. The molecule has 1 aromatic rings. The number of aromatic nitrogens is 3. The minimum absolute atomic E-state index is 0.376. The minimum Gasteiger partial charge on any atom is -0.383 e. The van der Waals surface area contributed by atoms with Gasteiger partial charge in [0.25, 0.3) is 0 Å². The normalized spacial score (nSPS) is 11.2. The first-order valence-electron chi connectivity index (χ1n) is 5.33. The SMILES string of the molecule is COCCNCCc1ncnn1C(C)C. The lowest BCUT2D eigenvalue weighted by atomic mass is 10.3. The Morgan fingerprint density at radius 3 is 2.93 bits per heavy atom. The maximum atomic E-state index is 4.95. The van der Waals surface area contributed by atoms with Crippen molar-refractivity contribution < 1.29 is 4.74 Å². The summed E-state index contributed by atoms with van der Waals surface area (Å²) in [5.41, 5.74) is 0. The van der Waals surface area contributed by atoms with Crippen molar-refractivity contribution in [3.63, 3.8) is 0 Å². The summed E-state index contributed by atoms with van der Waals surface area (Å²) in [6, 6.07) is 0.376. The van der Waals surface area contributed by atoms with Crippen molar-refractivity contribution in [1.82, 2.24) is 20.1 Å². The van der Waals surface area contributed by atoms with Crippen molar-refractivity contribution in [3.05, 3.63) is 12.2 Å². The first-order valence-corrected chi connectivity index (χ1v) is 5.33. The standard InChI is InChI=1S/C10H20N4O/c1-9(2)14-10(12-8-13-14)4-5-11-6-7-15-3/h8-9,11H,4-7H2,1-3H3. The van der Waals surface area contributed by atoms with E-state index in [0.717, 1.165) is 31.9 Å². The lowest BCUT2D eigenvalue weighted by molar-refractivity contribution is 0.199. The molecule has 0 bridgehead atoms. The number of nitrogens with zero attached hydrogens (tertiary/aromatic N) is 3. The van der Waals surface area contributed by atoms with Crippen molar-refractivity contribution in [2.75, 3.05) is 26.8 Å². The lowest BCUT2D eigenvalue weighted by Gasteiger charge is -2.09. The average Bonchev–Trinajstić information content (AvgIpc) is 2.66. The van der Waals surface area contributed by atoms with Crippen LogP contribution in [-0.2, 0) is 11.2 Å². The van der Waals surface area contributed by atoms with E-state index in [1.165, 1.54) is 0 Å². The second-order valence-electron chi connectivity index (χ2n) is 3.71. The third-order valence-corrected chi connectivity index (χ3v) is 2.14. The zero-order valence-corrected chi connectivity index (χ0v) is 9.73. The molecule has 0 aliphatic carbocycles. The van der Waals surface area contributed by atoms with Crippen molar-refractivity contribution in [2.45, 2.75) is 26.3 Å². The van der Waals surface area contributed by atoms with Crippen LogP contribution in [0.2, 0.25) is 0 Å². The van der Waals surface area contributed by atoms with Gasteiger partial charge in [-0.25, -0.2) is 9.67 Å². The molecule has 0 amide bonds. The van der Waals surface area contributed by atoms with E-state index in [2.05, 4.69) is 29.2 Å². The Bertz CT molecular complexity index is 272. The molecule has 0 unspecified atom stereocenters. The van der Waals surface area contributed by atoms with Crippen LogP contribution in [0.25, 0.3) is 0 Å². The van der Waals surface area contributed by atoms with Gasteiger partial charge in [0, 0.05) is 32.7 Å². The Labute approximate surface area is 90.8 Å². The zero-order valence-electron chi connectivity index (χ0n) is 9.73. The second kappa shape index (κ2) is 6.53. The number of ether oxygens (including phenoxy) is 1. The average molecular weight is 212 g/mol. The third kappa shape index (κ3) is 3.97. The van der Waals surface area contributed by atoms with Crippen LogP contribution >= 0.6 is 0 Å². The van der Waals surface area contributed by atoms with Crippen LogP contribution in [0.15, 0.2) is 6.33 Å². The maximum Gasteiger partial charge on any atom is 0.138 e. The molecule has 0 fully saturated rings. The number of rotatable bonds is 7. The highest BCUT2D eigenvalue weighted by molar-refractivity contribution is 4.87. The third-order valence-electron chi connectivity index (χ3n) is 2.14. The van der Waals surface area contributed by atoms with Gasteiger partial charge in [0.1, 0.15) is 12.2 Å². The summed E-state index contributed by atoms with van der Waals surface area (Å²) in [5, 5.41) is 7.47. The summed E-state index contributed by atoms with van der Waals surface area (Å²) >= 11 is 0. The molecule has 0 aromatic carbocycles. The summed E-state index contributed by atoms with van der Waals surface area (Å²) in [7, 11) is 1.71. The number of methoxy groups -OCH3 is 1. The highest BCUT2D eigenvalue weighted by Crippen LogP contribution is 2.04. The fraction of sp³-hybridized carbons (Fsp3) is 0.800. The summed E-state index contributed by atoms with van der Waals surface area (Å²) in [6.07, 6.45) is 2.52. The molecule has 1 rings (SSSR count). The van der Waals surface area contributed by atoms with Crippen LogP contribution in [0.1, 0.15) is 25.7 Å². The van der Waals surface area contributed by atoms with E-state index in [1.807, 2.05) is 4.68 Å². The molecular weight excluding hydrogens is 192 g/mol. The van der Waals surface area contributed by atoms with E-state index >= 15 is 0 Å². The molecular formula is C10H20N4O. The molecule has 15 heavy (non-hydrogen) atoms. The Balaban J connectivity index is 2.28. The van der Waals surface area contributed by atoms with Gasteiger partial charge in [-0.15, -0.1) is 0 Å². The van der Waals surface area contributed by atoms with Gasteiger partial charge >= 0.3 is 0 Å². The van der Waals surface area contributed by atoms with Gasteiger partial charge in [-0.05, 0) is 13.8 Å². The smallest absolute Gasteiger partial charge is 0.138 e. The van der Waals surface area contributed by atoms with E-state index < -0.39 is 0 Å². The van der Waals surface area contributed by atoms with E-state index in [0.29, 0.717) is 6.04 Å². The summed E-state index contributed by atoms with van der Waals surface area (Å²) in [5.74, 6) is 1.04. The van der Waals surface area contributed by atoms with E-state index in [-0.39, 0.29) is 0 Å². The van der Waals surface area contributed by atoms with E-state index in [4.69, 9.17) is 4.74 Å². The van der Waals surface area contributed by atoms with E-state index in [9.17, 15) is 0 Å². The van der Waals surface area contributed by atoms with Gasteiger partial charge in [0.15, 0.2) is 0 Å². The van der Waals surface area contributed by atoms with Crippen molar-refractivity contribution in [3.8, 4) is 0 Å². The highest BCUT2D eigenvalue weighted by Gasteiger charge is 2.06. The number of hydrogen-bond donors (Lipinski definition) is 1. The fourth-order valence-corrected chi connectivity index (χ4v) is 1.38. The molecule has 0 aliphatic rings. The van der Waals surface area contributed by atoms with Crippen molar-refractivity contribution in [1.29, 1.82) is 0 Å². The quantitative estimate of drug-likeness (QED) is 0.674. The first-order chi connectivity index (χ1) is 7.25. The Morgan fingerprint density at radius 2 is 2.27 bits per heavy atom. The molecule has 0 saturated carbocycles. The molecule has 86 valence electrons. The van der Waals surface area contributed by atoms with Gasteiger partial charge in [0.05, 0.1) is 6.61 Å². The maximum absolute atomic E-state index is 4.95. The van der Waals surface area contributed by atoms with Crippen LogP contribution in [0, 0.1) is 0 Å². The second-order valence-corrected chi connectivity index (χ2v) is 3.71. The molecule has 0 atom stereocenters. The fourth-order valence-electron chi connectivity index (χ4n) is 1.38. The Morgan fingerprint density at radius 1 is 1.47 bits per heavy atom. The van der Waals surface area contributed by atoms with Gasteiger partial charge in [-0.3, -0.25) is 0 Å². The molecule has 0 aliphatic heterocycles. The van der Waals surface area contributed by atoms with Crippen molar-refractivity contribution >= 4 is 0 Å². The van der Waals surface area contributed by atoms with E-state index in [1.54, 1.807) is 13.4 Å². The topological polar surface area (TPSA) is 52.0 Å². The molecule has 1 aromatic heterocycles. The largest absolute Gasteiger partial charge is 0.383 e. The van der Waals surface area contributed by atoms with Crippen LogP contribution in [-0.4, -0.2) is 41.6 Å². The molecule has 5 heteroatoms. The predicted octanol–water partition coefficient (Wildman–Crippen LogP) is 0.637. The lowest BCUT2D eigenvalue weighted by Crippen LogP contribution is -2.23. The van der Waals surface area contributed by atoms with Gasteiger partial charge < -0.3 is 10.1 Å². The predicted molar refractivity (Wildman–Crippen MR) is 58.9 cm³/mol. The van der Waals surface area contributed by atoms with Gasteiger partial charge in [-0.1, -0.05) is 0 Å². The number of nitrogens with one attached hydrogen (secondary N) is 1. The molecule has 0 spiro atoms. The van der Waals surface area contributed by atoms with Gasteiger partial charge in [-0.2, -0.15) is 5.10 Å². The molecule has 1 heterocycles. The first kappa shape index (κ1) is 12.1. The molecule has 0 radical (unpaired) electrons. The highest BCUT2D eigenvalue weighted by atomic mass is 16.5. The minimum atomic E-state index is 0.376.